The van der Waals surface area contributed by atoms with Crippen molar-refractivity contribution in [3.63, 3.8) is 0 Å². The van der Waals surface area contributed by atoms with Crippen LogP contribution in [0.25, 0.3) is 0 Å². The van der Waals surface area contributed by atoms with Gasteiger partial charge in [0.1, 0.15) is 5.60 Å². The molecule has 102 valence electrons. The highest BCUT2D eigenvalue weighted by Gasteiger charge is 2.70. The molecule has 0 unspecified atom stereocenters. The smallest absolute Gasteiger partial charge is 0.407 e. The van der Waals surface area contributed by atoms with Gasteiger partial charge >= 0.3 is 6.09 Å². The normalized spacial score (nSPS) is 25.2. The van der Waals surface area contributed by atoms with Gasteiger partial charge in [-0.2, -0.15) is 0 Å². The van der Waals surface area contributed by atoms with Gasteiger partial charge in [-0.1, -0.05) is 6.58 Å². The van der Waals surface area contributed by atoms with Crippen molar-refractivity contribution in [2.24, 2.45) is 11.8 Å². The molecule has 18 heavy (non-hydrogen) atoms. The van der Waals surface area contributed by atoms with Gasteiger partial charge in [0.15, 0.2) is 5.78 Å². The van der Waals surface area contributed by atoms with Crippen molar-refractivity contribution in [3.8, 4) is 0 Å². The standard InChI is InChI=1S/C12H17F2NO3/c1-5-8(16)9-7(12(9,13)14)6-15-10(17)18-11(2,3)4/h5,7,9H,1,6H2,2-4H3,(H,15,17)/t7-,9-/m1/s1. The second-order valence-electron chi connectivity index (χ2n) is 5.25. The minimum Gasteiger partial charge on any atom is -0.444 e. The Morgan fingerprint density at radius 1 is 1.44 bits per heavy atom. The highest BCUT2D eigenvalue weighted by atomic mass is 19.3. The maximum atomic E-state index is 13.2. The second kappa shape index (κ2) is 4.66. The van der Waals surface area contributed by atoms with E-state index in [9.17, 15) is 18.4 Å². The Hall–Kier alpha value is -1.46. The van der Waals surface area contributed by atoms with Gasteiger partial charge in [-0.25, -0.2) is 13.6 Å². The maximum Gasteiger partial charge on any atom is 0.407 e. The minimum absolute atomic E-state index is 0.286. The topological polar surface area (TPSA) is 55.4 Å². The third kappa shape index (κ3) is 3.27. The van der Waals surface area contributed by atoms with Gasteiger partial charge in [0.25, 0.3) is 5.92 Å². The molecule has 0 bridgehead atoms. The van der Waals surface area contributed by atoms with Crippen molar-refractivity contribution in [1.82, 2.24) is 5.32 Å². The van der Waals surface area contributed by atoms with Crippen molar-refractivity contribution < 1.29 is 23.1 Å². The molecule has 0 saturated heterocycles. The summed E-state index contributed by atoms with van der Waals surface area (Å²) < 4.78 is 31.4. The molecule has 0 radical (unpaired) electrons. The maximum absolute atomic E-state index is 13.2. The molecule has 0 spiro atoms. The Labute approximate surface area is 104 Å². The number of ketones is 1. The molecule has 0 aliphatic heterocycles. The van der Waals surface area contributed by atoms with Crippen LogP contribution in [0.3, 0.4) is 0 Å². The number of alkyl carbamates (subject to hydrolysis) is 1. The number of allylic oxidation sites excluding steroid dienone is 1. The third-order valence-corrected chi connectivity index (χ3v) is 2.58. The largest absolute Gasteiger partial charge is 0.444 e. The van der Waals surface area contributed by atoms with E-state index < -0.39 is 35.2 Å². The first-order valence-electron chi connectivity index (χ1n) is 5.60. The summed E-state index contributed by atoms with van der Waals surface area (Å²) in [5, 5.41) is 2.24. The predicted molar refractivity (Wildman–Crippen MR) is 61.4 cm³/mol. The molecule has 6 heteroatoms. The molecule has 1 fully saturated rings. The SMILES string of the molecule is C=CC(=O)[C@H]1[C@@H](CNC(=O)OC(C)(C)C)C1(F)F. The van der Waals surface area contributed by atoms with E-state index in [-0.39, 0.29) is 6.54 Å². The monoisotopic (exact) mass is 261 g/mol. The number of alkyl halides is 2. The summed E-state index contributed by atoms with van der Waals surface area (Å²) >= 11 is 0. The molecule has 1 saturated carbocycles. The van der Waals surface area contributed by atoms with Crippen molar-refractivity contribution in [2.75, 3.05) is 6.54 Å². The quantitative estimate of drug-likeness (QED) is 0.789. The van der Waals surface area contributed by atoms with Crippen LogP contribution in [0.15, 0.2) is 12.7 Å². The van der Waals surface area contributed by atoms with E-state index in [1.807, 2.05) is 0 Å². The summed E-state index contributed by atoms with van der Waals surface area (Å²) in [6.07, 6.45) is 0.112. The summed E-state index contributed by atoms with van der Waals surface area (Å²) in [5.74, 6) is -6.31. The van der Waals surface area contributed by atoms with E-state index in [4.69, 9.17) is 4.74 Å². The van der Waals surface area contributed by atoms with Crippen LogP contribution >= 0.6 is 0 Å². The molecule has 1 rings (SSSR count). The number of hydrogen-bond donors (Lipinski definition) is 1. The van der Waals surface area contributed by atoms with Crippen molar-refractivity contribution in [2.45, 2.75) is 32.3 Å². The fraction of sp³-hybridized carbons (Fsp3) is 0.667. The first-order valence-corrected chi connectivity index (χ1v) is 5.60. The van der Waals surface area contributed by atoms with E-state index in [0.29, 0.717) is 0 Å². The number of amides is 1. The molecular formula is C12H17F2NO3. The van der Waals surface area contributed by atoms with Crippen LogP contribution in [-0.2, 0) is 9.53 Å². The highest BCUT2D eigenvalue weighted by molar-refractivity contribution is 5.94. The zero-order chi connectivity index (χ0) is 14.1. The van der Waals surface area contributed by atoms with Gasteiger partial charge in [-0.15, -0.1) is 0 Å². The Bertz CT molecular complexity index is 374. The molecule has 1 amide bonds. The molecule has 0 aromatic rings. The average molecular weight is 261 g/mol. The Kier molecular flexibility index (Phi) is 3.78. The summed E-state index contributed by atoms with van der Waals surface area (Å²) in [6, 6.07) is 0. The van der Waals surface area contributed by atoms with Gasteiger partial charge < -0.3 is 10.1 Å². The molecule has 1 N–H and O–H groups in total. The fourth-order valence-electron chi connectivity index (χ4n) is 1.67. The Morgan fingerprint density at radius 3 is 2.44 bits per heavy atom. The van der Waals surface area contributed by atoms with Crippen LogP contribution in [0.1, 0.15) is 20.8 Å². The Balaban J connectivity index is 2.44. The molecule has 2 atom stereocenters. The van der Waals surface area contributed by atoms with Crippen LogP contribution < -0.4 is 5.32 Å². The summed E-state index contributed by atoms with van der Waals surface area (Å²) in [4.78, 5) is 22.4. The van der Waals surface area contributed by atoms with Gasteiger partial charge in [-0.05, 0) is 26.8 Å². The number of rotatable bonds is 4. The fourth-order valence-corrected chi connectivity index (χ4v) is 1.67. The molecular weight excluding hydrogens is 244 g/mol. The lowest BCUT2D eigenvalue weighted by Gasteiger charge is -2.19. The predicted octanol–water partition coefficient (Wildman–Crippen LogP) is 2.15. The van der Waals surface area contributed by atoms with E-state index in [0.717, 1.165) is 6.08 Å². The lowest BCUT2D eigenvalue weighted by molar-refractivity contribution is -0.117. The first-order chi connectivity index (χ1) is 8.09. The lowest BCUT2D eigenvalue weighted by atomic mass is 10.2. The van der Waals surface area contributed by atoms with Gasteiger partial charge in [-0.3, -0.25) is 4.79 Å². The molecule has 1 aliphatic carbocycles. The average Bonchev–Trinajstić information content (AvgIpc) is 2.74. The number of halogens is 2. The highest BCUT2D eigenvalue weighted by Crippen LogP contribution is 2.55. The third-order valence-electron chi connectivity index (χ3n) is 2.58. The molecule has 0 aromatic carbocycles. The molecule has 0 aromatic heterocycles. The summed E-state index contributed by atoms with van der Waals surface area (Å²) in [5.41, 5.74) is -0.688. The van der Waals surface area contributed by atoms with Gasteiger partial charge in [0.2, 0.25) is 0 Å². The van der Waals surface area contributed by atoms with E-state index in [1.54, 1.807) is 20.8 Å². The second-order valence-corrected chi connectivity index (χ2v) is 5.25. The summed E-state index contributed by atoms with van der Waals surface area (Å²) in [6.45, 7) is 7.89. The lowest BCUT2D eigenvalue weighted by Crippen LogP contribution is -2.34. The van der Waals surface area contributed by atoms with Crippen LogP contribution in [0.5, 0.6) is 0 Å². The van der Waals surface area contributed by atoms with Crippen LogP contribution in [0.2, 0.25) is 0 Å². The van der Waals surface area contributed by atoms with Crippen LogP contribution in [0.4, 0.5) is 13.6 Å². The zero-order valence-electron chi connectivity index (χ0n) is 10.6. The molecule has 0 heterocycles. The number of carbonyl (C=O) groups excluding carboxylic acids is 2. The van der Waals surface area contributed by atoms with Crippen LogP contribution in [-0.4, -0.2) is 29.9 Å². The minimum atomic E-state index is -3.07. The van der Waals surface area contributed by atoms with Crippen molar-refractivity contribution in [3.05, 3.63) is 12.7 Å². The zero-order valence-corrected chi connectivity index (χ0v) is 10.6. The number of nitrogens with one attached hydrogen (secondary N) is 1. The molecule has 4 nitrogen and oxygen atoms in total. The van der Waals surface area contributed by atoms with Gasteiger partial charge in [0, 0.05) is 6.54 Å². The Morgan fingerprint density at radius 2 is 2.00 bits per heavy atom. The van der Waals surface area contributed by atoms with Crippen molar-refractivity contribution >= 4 is 11.9 Å². The van der Waals surface area contributed by atoms with E-state index in [2.05, 4.69) is 11.9 Å². The summed E-state index contributed by atoms with van der Waals surface area (Å²) in [7, 11) is 0. The number of carbonyl (C=O) groups is 2. The van der Waals surface area contributed by atoms with Crippen LogP contribution in [0, 0.1) is 11.8 Å². The number of hydrogen-bond acceptors (Lipinski definition) is 3. The molecule has 1 aliphatic rings. The van der Waals surface area contributed by atoms with Gasteiger partial charge in [0.05, 0.1) is 11.8 Å². The number of ether oxygens (including phenoxy) is 1. The first kappa shape index (κ1) is 14.6. The van der Waals surface area contributed by atoms with E-state index >= 15 is 0 Å². The van der Waals surface area contributed by atoms with Crippen molar-refractivity contribution in [1.29, 1.82) is 0 Å². The van der Waals surface area contributed by atoms with E-state index in [1.165, 1.54) is 0 Å².